The fourth-order valence-corrected chi connectivity index (χ4v) is 2.04. The van der Waals surface area contributed by atoms with Crippen molar-refractivity contribution in [3.8, 4) is 10.6 Å². The highest BCUT2D eigenvalue weighted by Crippen LogP contribution is 2.29. The van der Waals surface area contributed by atoms with Crippen LogP contribution in [0.1, 0.15) is 5.56 Å². The topological polar surface area (TPSA) is 37.8 Å². The van der Waals surface area contributed by atoms with E-state index in [-0.39, 0.29) is 0 Å². The van der Waals surface area contributed by atoms with E-state index in [0.717, 1.165) is 26.3 Å². The van der Waals surface area contributed by atoms with Gasteiger partial charge in [0.2, 0.25) is 5.13 Å². The molecule has 1 heterocycles. The van der Waals surface area contributed by atoms with Crippen LogP contribution in [-0.2, 0) is 0 Å². The first-order valence-corrected chi connectivity index (χ1v) is 5.68. The Kier molecular flexibility index (Phi) is 2.88. The lowest BCUT2D eigenvalue weighted by Crippen LogP contribution is -1.84. The Morgan fingerprint density at radius 1 is 1.33 bits per heavy atom. The van der Waals surface area contributed by atoms with Gasteiger partial charge in [-0.05, 0) is 18.6 Å². The highest BCUT2D eigenvalue weighted by Gasteiger charge is 2.06. The average Bonchev–Trinajstić information content (AvgIpc) is 2.70. The number of rotatable bonds is 2. The Bertz CT molecular complexity index is 481. The van der Waals surface area contributed by atoms with Gasteiger partial charge in [0.15, 0.2) is 0 Å². The molecule has 0 amide bonds. The molecule has 78 valence electrons. The lowest BCUT2D eigenvalue weighted by atomic mass is 10.2. The maximum Gasteiger partial charge on any atom is 0.205 e. The molecular formula is C10H10ClN3S. The minimum atomic E-state index is 0.758. The molecule has 1 aromatic heterocycles. The van der Waals surface area contributed by atoms with E-state index in [0.29, 0.717) is 0 Å². The summed E-state index contributed by atoms with van der Waals surface area (Å²) in [5.41, 5.74) is 2.07. The van der Waals surface area contributed by atoms with Crippen LogP contribution in [0.3, 0.4) is 0 Å². The molecule has 0 fully saturated rings. The second-order valence-corrected chi connectivity index (χ2v) is 4.51. The van der Waals surface area contributed by atoms with Gasteiger partial charge in [-0.25, -0.2) is 0 Å². The molecule has 0 atom stereocenters. The summed E-state index contributed by atoms with van der Waals surface area (Å²) in [7, 11) is 1.83. The summed E-state index contributed by atoms with van der Waals surface area (Å²) in [4.78, 5) is 0. The molecule has 0 aliphatic carbocycles. The molecule has 0 radical (unpaired) electrons. The third-order valence-electron chi connectivity index (χ3n) is 2.06. The van der Waals surface area contributed by atoms with Crippen molar-refractivity contribution < 1.29 is 0 Å². The Morgan fingerprint density at radius 2 is 2.13 bits per heavy atom. The van der Waals surface area contributed by atoms with E-state index in [1.165, 1.54) is 11.3 Å². The van der Waals surface area contributed by atoms with E-state index >= 15 is 0 Å². The quantitative estimate of drug-likeness (QED) is 0.875. The summed E-state index contributed by atoms with van der Waals surface area (Å²) >= 11 is 7.55. The van der Waals surface area contributed by atoms with E-state index < -0.39 is 0 Å². The van der Waals surface area contributed by atoms with Gasteiger partial charge in [-0.3, -0.25) is 0 Å². The van der Waals surface area contributed by atoms with Crippen molar-refractivity contribution in [2.45, 2.75) is 6.92 Å². The number of benzene rings is 1. The number of hydrogen-bond acceptors (Lipinski definition) is 4. The van der Waals surface area contributed by atoms with Crippen molar-refractivity contribution in [1.29, 1.82) is 0 Å². The van der Waals surface area contributed by atoms with Gasteiger partial charge in [-0.15, -0.1) is 10.2 Å². The largest absolute Gasteiger partial charge is 0.363 e. The van der Waals surface area contributed by atoms with Crippen molar-refractivity contribution in [3.05, 3.63) is 28.8 Å². The summed E-state index contributed by atoms with van der Waals surface area (Å²) < 4.78 is 0. The monoisotopic (exact) mass is 239 g/mol. The Balaban J connectivity index is 2.40. The number of nitrogens with zero attached hydrogens (tertiary/aromatic N) is 2. The summed E-state index contributed by atoms with van der Waals surface area (Å²) in [5, 5.41) is 13.4. The number of halogens is 1. The van der Waals surface area contributed by atoms with E-state index in [2.05, 4.69) is 15.5 Å². The van der Waals surface area contributed by atoms with Gasteiger partial charge in [-0.1, -0.05) is 35.1 Å². The number of hydrogen-bond donors (Lipinski definition) is 1. The zero-order valence-corrected chi connectivity index (χ0v) is 9.99. The fraction of sp³-hybridized carbons (Fsp3) is 0.200. The second-order valence-electron chi connectivity index (χ2n) is 3.13. The minimum Gasteiger partial charge on any atom is -0.363 e. The zero-order valence-electron chi connectivity index (χ0n) is 8.41. The molecule has 2 rings (SSSR count). The van der Waals surface area contributed by atoms with Gasteiger partial charge < -0.3 is 5.32 Å². The van der Waals surface area contributed by atoms with Gasteiger partial charge in [0, 0.05) is 17.6 Å². The molecule has 0 unspecified atom stereocenters. The summed E-state index contributed by atoms with van der Waals surface area (Å²) in [6.45, 7) is 1.98. The molecule has 1 aromatic carbocycles. The molecule has 0 saturated heterocycles. The zero-order chi connectivity index (χ0) is 10.8. The second kappa shape index (κ2) is 4.16. The lowest BCUT2D eigenvalue weighted by Gasteiger charge is -1.99. The summed E-state index contributed by atoms with van der Waals surface area (Å²) in [5.74, 6) is 0. The highest BCUT2D eigenvalue weighted by atomic mass is 35.5. The molecule has 0 aliphatic heterocycles. The first kappa shape index (κ1) is 10.4. The molecule has 0 bridgehead atoms. The van der Waals surface area contributed by atoms with Gasteiger partial charge in [0.1, 0.15) is 5.01 Å². The third-order valence-corrected chi connectivity index (χ3v) is 3.45. The van der Waals surface area contributed by atoms with Crippen LogP contribution in [0.5, 0.6) is 0 Å². The smallest absolute Gasteiger partial charge is 0.205 e. The Morgan fingerprint density at radius 3 is 2.73 bits per heavy atom. The van der Waals surface area contributed by atoms with Crippen LogP contribution in [0.2, 0.25) is 5.02 Å². The van der Waals surface area contributed by atoms with Crippen molar-refractivity contribution >= 4 is 28.1 Å². The first-order chi connectivity index (χ1) is 7.20. The minimum absolute atomic E-state index is 0.758. The number of aromatic nitrogens is 2. The molecule has 2 aromatic rings. The van der Waals surface area contributed by atoms with Crippen LogP contribution >= 0.6 is 22.9 Å². The van der Waals surface area contributed by atoms with Crippen LogP contribution in [0, 0.1) is 6.92 Å². The lowest BCUT2D eigenvalue weighted by molar-refractivity contribution is 1.09. The van der Waals surface area contributed by atoms with Gasteiger partial charge in [0.05, 0.1) is 0 Å². The maximum absolute atomic E-state index is 6.05. The van der Waals surface area contributed by atoms with Crippen molar-refractivity contribution in [1.82, 2.24) is 10.2 Å². The van der Waals surface area contributed by atoms with Crippen LogP contribution in [0.25, 0.3) is 10.6 Å². The molecule has 1 N–H and O–H groups in total. The van der Waals surface area contributed by atoms with Crippen LogP contribution in [0.15, 0.2) is 18.2 Å². The van der Waals surface area contributed by atoms with Crippen LogP contribution in [0.4, 0.5) is 5.13 Å². The molecule has 15 heavy (non-hydrogen) atoms. The maximum atomic E-state index is 6.05. The summed E-state index contributed by atoms with van der Waals surface area (Å²) in [6.07, 6.45) is 0. The van der Waals surface area contributed by atoms with Gasteiger partial charge in [-0.2, -0.15) is 0 Å². The van der Waals surface area contributed by atoms with E-state index in [9.17, 15) is 0 Å². The molecule has 0 aliphatic rings. The van der Waals surface area contributed by atoms with Crippen LogP contribution in [-0.4, -0.2) is 17.2 Å². The number of aryl methyl sites for hydroxylation is 1. The molecule has 5 heteroatoms. The number of anilines is 1. The van der Waals surface area contributed by atoms with Crippen LogP contribution < -0.4 is 5.32 Å². The molecule has 0 spiro atoms. The predicted molar refractivity (Wildman–Crippen MR) is 64.6 cm³/mol. The highest BCUT2D eigenvalue weighted by molar-refractivity contribution is 7.18. The molecule has 0 saturated carbocycles. The molecular weight excluding hydrogens is 230 g/mol. The summed E-state index contributed by atoms with van der Waals surface area (Å²) in [6, 6.07) is 5.90. The normalized spacial score (nSPS) is 10.3. The number of nitrogens with one attached hydrogen (secondary N) is 1. The Hall–Kier alpha value is -1.13. The Labute approximate surface area is 97.1 Å². The van der Waals surface area contributed by atoms with Crippen molar-refractivity contribution in [2.24, 2.45) is 0 Å². The van der Waals surface area contributed by atoms with Crippen molar-refractivity contribution in [3.63, 3.8) is 0 Å². The van der Waals surface area contributed by atoms with Gasteiger partial charge >= 0.3 is 0 Å². The van der Waals surface area contributed by atoms with E-state index in [1.54, 1.807) is 0 Å². The standard InChI is InChI=1S/C10H10ClN3S/c1-6-3-4-7(5-8(6)11)9-13-14-10(12-2)15-9/h3-5H,1-2H3,(H,12,14). The van der Waals surface area contributed by atoms with E-state index in [1.807, 2.05) is 32.2 Å². The van der Waals surface area contributed by atoms with Gasteiger partial charge in [0.25, 0.3) is 0 Å². The first-order valence-electron chi connectivity index (χ1n) is 4.48. The third kappa shape index (κ3) is 2.11. The average molecular weight is 240 g/mol. The molecule has 3 nitrogen and oxygen atoms in total. The van der Waals surface area contributed by atoms with Crippen molar-refractivity contribution in [2.75, 3.05) is 12.4 Å². The predicted octanol–water partition coefficient (Wildman–Crippen LogP) is 3.21. The fourth-order valence-electron chi connectivity index (χ4n) is 1.17. The van der Waals surface area contributed by atoms with E-state index in [4.69, 9.17) is 11.6 Å². The SMILES string of the molecule is CNc1nnc(-c2ccc(C)c(Cl)c2)s1.